The molecule has 0 fully saturated rings. The molecule has 1 atom stereocenters. The van der Waals surface area contributed by atoms with Crippen molar-refractivity contribution in [1.82, 2.24) is 0 Å². The first-order valence-corrected chi connectivity index (χ1v) is 5.93. The fourth-order valence-electron chi connectivity index (χ4n) is 2.15. The third-order valence-corrected chi connectivity index (χ3v) is 3.24. The molecule has 0 aliphatic carbocycles. The number of hydrogen-bond acceptors (Lipinski definition) is 2. The summed E-state index contributed by atoms with van der Waals surface area (Å²) in [4.78, 5) is 0. The van der Waals surface area contributed by atoms with Gasteiger partial charge in [-0.3, -0.25) is 0 Å². The monoisotopic (exact) mass is 219 g/mol. The average molecular weight is 219 g/mol. The number of aryl methyl sites for hydroxylation is 1. The molecule has 0 unspecified atom stereocenters. The van der Waals surface area contributed by atoms with Crippen molar-refractivity contribution >= 4 is 0 Å². The Morgan fingerprint density at radius 3 is 2.62 bits per heavy atom. The first-order chi connectivity index (χ1) is 7.39. The molecule has 0 radical (unpaired) electrons. The molecule has 2 N–H and O–H groups in total. The van der Waals surface area contributed by atoms with E-state index >= 15 is 0 Å². The largest absolute Gasteiger partial charge is 0.493 e. The first kappa shape index (κ1) is 11.5. The summed E-state index contributed by atoms with van der Waals surface area (Å²) in [6.07, 6.45) is 0.917. The maximum Gasteiger partial charge on any atom is 0.126 e. The lowest BCUT2D eigenvalue weighted by atomic mass is 9.83. The van der Waals surface area contributed by atoms with Gasteiger partial charge in [0.05, 0.1) is 6.61 Å². The van der Waals surface area contributed by atoms with E-state index in [9.17, 15) is 0 Å². The van der Waals surface area contributed by atoms with Gasteiger partial charge >= 0.3 is 0 Å². The lowest BCUT2D eigenvalue weighted by Gasteiger charge is -2.28. The van der Waals surface area contributed by atoms with E-state index in [2.05, 4.69) is 39.8 Å². The number of ether oxygens (including phenoxy) is 1. The van der Waals surface area contributed by atoms with Crippen LogP contribution in [0.15, 0.2) is 12.1 Å². The van der Waals surface area contributed by atoms with Gasteiger partial charge < -0.3 is 10.5 Å². The van der Waals surface area contributed by atoms with Gasteiger partial charge in [0, 0.05) is 18.0 Å². The molecule has 1 aliphatic rings. The van der Waals surface area contributed by atoms with Crippen molar-refractivity contribution in [2.75, 3.05) is 6.61 Å². The second-order valence-corrected chi connectivity index (χ2v) is 5.71. The van der Waals surface area contributed by atoms with E-state index in [1.807, 2.05) is 0 Å². The second-order valence-electron chi connectivity index (χ2n) is 5.71. The van der Waals surface area contributed by atoms with Crippen LogP contribution < -0.4 is 10.5 Å². The topological polar surface area (TPSA) is 35.2 Å². The van der Waals surface area contributed by atoms with Crippen molar-refractivity contribution in [3.63, 3.8) is 0 Å². The van der Waals surface area contributed by atoms with Gasteiger partial charge in [-0.05, 0) is 29.5 Å². The van der Waals surface area contributed by atoms with Gasteiger partial charge in [0.2, 0.25) is 0 Å². The van der Waals surface area contributed by atoms with Crippen LogP contribution in [0.5, 0.6) is 5.75 Å². The summed E-state index contributed by atoms with van der Waals surface area (Å²) in [5.74, 6) is 1.01. The summed E-state index contributed by atoms with van der Waals surface area (Å²) in [6, 6.07) is 4.56. The zero-order chi connectivity index (χ0) is 11.9. The summed E-state index contributed by atoms with van der Waals surface area (Å²) < 4.78 is 5.71. The molecule has 0 saturated heterocycles. The van der Waals surface area contributed by atoms with Crippen LogP contribution in [0.2, 0.25) is 0 Å². The SMILES string of the molecule is Cc1cc(C(C)(C)C)cc2c1OCC[C@H]2N. The van der Waals surface area contributed by atoms with E-state index in [0.29, 0.717) is 0 Å². The molecule has 2 rings (SSSR count). The molecule has 1 heterocycles. The minimum atomic E-state index is 0.129. The van der Waals surface area contributed by atoms with Crippen molar-refractivity contribution in [2.45, 2.75) is 45.6 Å². The van der Waals surface area contributed by atoms with Crippen LogP contribution in [0, 0.1) is 6.92 Å². The normalized spacial score (nSPS) is 20.2. The Bertz CT molecular complexity index is 404. The second kappa shape index (κ2) is 3.77. The van der Waals surface area contributed by atoms with Gasteiger partial charge in [0.25, 0.3) is 0 Å². The Morgan fingerprint density at radius 1 is 1.31 bits per heavy atom. The summed E-state index contributed by atoms with van der Waals surface area (Å²) in [6.45, 7) is 9.52. The average Bonchev–Trinajstić information content (AvgIpc) is 2.18. The van der Waals surface area contributed by atoms with Gasteiger partial charge in [0.15, 0.2) is 0 Å². The van der Waals surface area contributed by atoms with E-state index in [1.54, 1.807) is 0 Å². The van der Waals surface area contributed by atoms with Crippen molar-refractivity contribution in [2.24, 2.45) is 5.73 Å². The number of benzene rings is 1. The first-order valence-electron chi connectivity index (χ1n) is 5.93. The van der Waals surface area contributed by atoms with E-state index in [0.717, 1.165) is 18.8 Å². The number of rotatable bonds is 0. The molecule has 0 saturated carbocycles. The van der Waals surface area contributed by atoms with Crippen LogP contribution in [0.3, 0.4) is 0 Å². The van der Waals surface area contributed by atoms with Gasteiger partial charge in [-0.15, -0.1) is 0 Å². The molecule has 0 amide bonds. The molecule has 88 valence electrons. The quantitative estimate of drug-likeness (QED) is 0.727. The van der Waals surface area contributed by atoms with Crippen LogP contribution in [-0.2, 0) is 5.41 Å². The third-order valence-electron chi connectivity index (χ3n) is 3.24. The molecule has 1 aromatic rings. The van der Waals surface area contributed by atoms with E-state index in [1.165, 1.54) is 16.7 Å². The number of fused-ring (bicyclic) bond motifs is 1. The number of nitrogens with two attached hydrogens (primary N) is 1. The molecule has 2 nitrogen and oxygen atoms in total. The molecule has 1 aliphatic heterocycles. The van der Waals surface area contributed by atoms with E-state index in [-0.39, 0.29) is 11.5 Å². The highest BCUT2D eigenvalue weighted by molar-refractivity contribution is 5.48. The molecular weight excluding hydrogens is 198 g/mol. The summed E-state index contributed by atoms with van der Waals surface area (Å²) >= 11 is 0. The van der Waals surface area contributed by atoms with Crippen molar-refractivity contribution < 1.29 is 4.74 Å². The van der Waals surface area contributed by atoms with Crippen LogP contribution in [0.25, 0.3) is 0 Å². The Kier molecular flexibility index (Phi) is 2.70. The predicted octanol–water partition coefficient (Wildman–Crippen LogP) is 3.07. The summed E-state index contributed by atoms with van der Waals surface area (Å²) in [7, 11) is 0. The Balaban J connectivity index is 2.55. The maximum atomic E-state index is 6.15. The zero-order valence-electron chi connectivity index (χ0n) is 10.6. The standard InChI is InChI=1S/C14H21NO/c1-9-7-10(14(2,3)4)8-11-12(15)5-6-16-13(9)11/h7-8,12H,5-6,15H2,1-4H3/t12-/m1/s1. The Morgan fingerprint density at radius 2 is 2.00 bits per heavy atom. The number of hydrogen-bond donors (Lipinski definition) is 1. The smallest absolute Gasteiger partial charge is 0.126 e. The molecule has 0 aromatic heterocycles. The highest BCUT2D eigenvalue weighted by atomic mass is 16.5. The molecule has 2 heteroatoms. The molecular formula is C14H21NO. The van der Waals surface area contributed by atoms with Crippen molar-refractivity contribution in [3.8, 4) is 5.75 Å². The van der Waals surface area contributed by atoms with Crippen LogP contribution in [0.1, 0.15) is 49.9 Å². The van der Waals surface area contributed by atoms with Crippen molar-refractivity contribution in [3.05, 3.63) is 28.8 Å². The van der Waals surface area contributed by atoms with Gasteiger partial charge in [0.1, 0.15) is 5.75 Å². The van der Waals surface area contributed by atoms with E-state index in [4.69, 9.17) is 10.5 Å². The molecule has 0 bridgehead atoms. The van der Waals surface area contributed by atoms with Gasteiger partial charge in [-0.25, -0.2) is 0 Å². The van der Waals surface area contributed by atoms with Gasteiger partial charge in [-0.2, -0.15) is 0 Å². The van der Waals surface area contributed by atoms with Gasteiger partial charge in [-0.1, -0.05) is 26.8 Å². The minimum absolute atomic E-state index is 0.129. The Hall–Kier alpha value is -1.02. The summed E-state index contributed by atoms with van der Waals surface area (Å²) in [5, 5.41) is 0. The Labute approximate surface area is 97.8 Å². The molecule has 0 spiro atoms. The van der Waals surface area contributed by atoms with Crippen LogP contribution in [0.4, 0.5) is 0 Å². The molecule has 16 heavy (non-hydrogen) atoms. The van der Waals surface area contributed by atoms with Crippen LogP contribution >= 0.6 is 0 Å². The molecule has 1 aromatic carbocycles. The maximum absolute atomic E-state index is 6.15. The fourth-order valence-corrected chi connectivity index (χ4v) is 2.15. The van der Waals surface area contributed by atoms with Crippen molar-refractivity contribution in [1.29, 1.82) is 0 Å². The fraction of sp³-hybridized carbons (Fsp3) is 0.571. The third kappa shape index (κ3) is 1.94. The lowest BCUT2D eigenvalue weighted by Crippen LogP contribution is -2.23. The zero-order valence-corrected chi connectivity index (χ0v) is 10.6. The van der Waals surface area contributed by atoms with E-state index < -0.39 is 0 Å². The minimum Gasteiger partial charge on any atom is -0.493 e. The highest BCUT2D eigenvalue weighted by Crippen LogP contribution is 2.37. The van der Waals surface area contributed by atoms with Crippen LogP contribution in [-0.4, -0.2) is 6.61 Å². The lowest BCUT2D eigenvalue weighted by molar-refractivity contribution is 0.266. The predicted molar refractivity (Wildman–Crippen MR) is 66.9 cm³/mol. The highest BCUT2D eigenvalue weighted by Gasteiger charge is 2.23. The summed E-state index contributed by atoms with van der Waals surface area (Å²) in [5.41, 5.74) is 10.0.